The summed E-state index contributed by atoms with van der Waals surface area (Å²) in [5.41, 5.74) is 3.23. The van der Waals surface area contributed by atoms with Gasteiger partial charge in [0.1, 0.15) is 0 Å². The number of Topliss-reactive ketones (excluding diaryl/α,β-unsaturated/α-hetero) is 1. The second kappa shape index (κ2) is 8.98. The van der Waals surface area contributed by atoms with E-state index in [2.05, 4.69) is 0 Å². The van der Waals surface area contributed by atoms with Gasteiger partial charge in [-0.1, -0.05) is 12.1 Å². The van der Waals surface area contributed by atoms with Gasteiger partial charge in [-0.3, -0.25) is 14.4 Å². The van der Waals surface area contributed by atoms with Crippen LogP contribution in [0.3, 0.4) is 0 Å². The number of amides is 1. The van der Waals surface area contributed by atoms with Crippen LogP contribution in [0.15, 0.2) is 36.4 Å². The van der Waals surface area contributed by atoms with Crippen molar-refractivity contribution in [2.24, 2.45) is 5.92 Å². The standard InChI is InChI=1S/C23H25NO6/c1-14-6-5-7-18(15(14)2)24-12-17(11-22(24)26)23(27)30-13-19(25)16-8-9-20(28-3)21(10-16)29-4/h5-10,17H,11-13H2,1-4H3/t17-/m0/s1. The first-order chi connectivity index (χ1) is 14.3. The Kier molecular flexibility index (Phi) is 6.40. The first-order valence-electron chi connectivity index (χ1n) is 9.64. The number of hydrogen-bond donors (Lipinski definition) is 0. The van der Waals surface area contributed by atoms with Crippen LogP contribution in [-0.2, 0) is 14.3 Å². The molecule has 0 unspecified atom stereocenters. The van der Waals surface area contributed by atoms with E-state index >= 15 is 0 Å². The molecule has 1 aliphatic heterocycles. The van der Waals surface area contributed by atoms with Gasteiger partial charge in [-0.25, -0.2) is 0 Å². The Morgan fingerprint density at radius 2 is 1.80 bits per heavy atom. The van der Waals surface area contributed by atoms with Crippen LogP contribution in [0, 0.1) is 19.8 Å². The van der Waals surface area contributed by atoms with Gasteiger partial charge < -0.3 is 19.1 Å². The Labute approximate surface area is 175 Å². The van der Waals surface area contributed by atoms with Gasteiger partial charge in [0.2, 0.25) is 5.91 Å². The van der Waals surface area contributed by atoms with Crippen LogP contribution < -0.4 is 14.4 Å². The smallest absolute Gasteiger partial charge is 0.311 e. The number of aryl methyl sites for hydroxylation is 1. The molecule has 0 radical (unpaired) electrons. The van der Waals surface area contributed by atoms with E-state index in [1.807, 2.05) is 32.0 Å². The Hall–Kier alpha value is -3.35. The van der Waals surface area contributed by atoms with E-state index in [1.54, 1.807) is 17.0 Å². The summed E-state index contributed by atoms with van der Waals surface area (Å²) in [4.78, 5) is 39.0. The fourth-order valence-electron chi connectivity index (χ4n) is 3.47. The van der Waals surface area contributed by atoms with Crippen LogP contribution in [0.2, 0.25) is 0 Å². The molecule has 0 spiro atoms. The van der Waals surface area contributed by atoms with Crippen LogP contribution in [0.5, 0.6) is 11.5 Å². The van der Waals surface area contributed by atoms with E-state index in [0.717, 1.165) is 16.8 Å². The van der Waals surface area contributed by atoms with E-state index in [0.29, 0.717) is 17.1 Å². The number of hydrogen-bond acceptors (Lipinski definition) is 6. The summed E-state index contributed by atoms with van der Waals surface area (Å²) in [5.74, 6) is -0.722. The van der Waals surface area contributed by atoms with Gasteiger partial charge in [0.25, 0.3) is 0 Å². The molecule has 1 fully saturated rings. The maximum Gasteiger partial charge on any atom is 0.311 e. The topological polar surface area (TPSA) is 82.1 Å². The molecule has 2 aromatic carbocycles. The van der Waals surface area contributed by atoms with E-state index in [9.17, 15) is 14.4 Å². The van der Waals surface area contributed by atoms with E-state index in [1.165, 1.54) is 20.3 Å². The number of carbonyl (C=O) groups is 3. The summed E-state index contributed by atoms with van der Waals surface area (Å²) >= 11 is 0. The van der Waals surface area contributed by atoms with Crippen LogP contribution in [0.25, 0.3) is 0 Å². The first-order valence-corrected chi connectivity index (χ1v) is 9.64. The highest BCUT2D eigenvalue weighted by Crippen LogP contribution is 2.30. The van der Waals surface area contributed by atoms with Crippen LogP contribution in [0.4, 0.5) is 5.69 Å². The number of nitrogens with zero attached hydrogens (tertiary/aromatic N) is 1. The third-order valence-corrected chi connectivity index (χ3v) is 5.38. The number of ketones is 1. The minimum Gasteiger partial charge on any atom is -0.493 e. The number of anilines is 1. The number of ether oxygens (including phenoxy) is 3. The average Bonchev–Trinajstić information content (AvgIpc) is 3.14. The molecule has 0 saturated carbocycles. The van der Waals surface area contributed by atoms with Gasteiger partial charge in [0.15, 0.2) is 23.9 Å². The summed E-state index contributed by atoms with van der Waals surface area (Å²) in [7, 11) is 2.98. The first kappa shape index (κ1) is 21.4. The molecule has 158 valence electrons. The van der Waals surface area contributed by atoms with E-state index < -0.39 is 18.5 Å². The van der Waals surface area contributed by atoms with Gasteiger partial charge in [0.05, 0.1) is 20.1 Å². The normalized spacial score (nSPS) is 15.8. The highest BCUT2D eigenvalue weighted by Gasteiger charge is 2.37. The predicted octanol–water partition coefficient (Wildman–Crippen LogP) is 3.10. The second-order valence-electron chi connectivity index (χ2n) is 7.23. The molecule has 1 aliphatic rings. The van der Waals surface area contributed by atoms with Crippen molar-refractivity contribution in [3.8, 4) is 11.5 Å². The van der Waals surface area contributed by atoms with Crippen molar-refractivity contribution < 1.29 is 28.6 Å². The summed E-state index contributed by atoms with van der Waals surface area (Å²) < 4.78 is 15.6. The molecule has 0 aliphatic carbocycles. The minimum atomic E-state index is -0.601. The number of carbonyl (C=O) groups excluding carboxylic acids is 3. The minimum absolute atomic E-state index is 0.0662. The molecule has 0 aromatic heterocycles. The zero-order chi connectivity index (χ0) is 21.8. The van der Waals surface area contributed by atoms with E-state index in [4.69, 9.17) is 14.2 Å². The lowest BCUT2D eigenvalue weighted by molar-refractivity contribution is -0.147. The van der Waals surface area contributed by atoms with Gasteiger partial charge in [0, 0.05) is 24.2 Å². The fourth-order valence-corrected chi connectivity index (χ4v) is 3.47. The molecule has 3 rings (SSSR count). The van der Waals surface area contributed by atoms with Crippen LogP contribution in [-0.4, -0.2) is 45.0 Å². The molecular weight excluding hydrogens is 386 g/mol. The van der Waals surface area contributed by atoms with Crippen molar-refractivity contribution in [3.05, 3.63) is 53.1 Å². The average molecular weight is 411 g/mol. The van der Waals surface area contributed by atoms with Gasteiger partial charge in [-0.2, -0.15) is 0 Å². The third-order valence-electron chi connectivity index (χ3n) is 5.38. The maximum atomic E-state index is 12.5. The third kappa shape index (κ3) is 4.30. The number of methoxy groups -OCH3 is 2. The molecule has 0 bridgehead atoms. The molecule has 1 amide bonds. The van der Waals surface area contributed by atoms with E-state index in [-0.39, 0.29) is 24.7 Å². The Morgan fingerprint density at radius 3 is 2.50 bits per heavy atom. The Balaban J connectivity index is 1.62. The van der Waals surface area contributed by atoms with Crippen LogP contribution >= 0.6 is 0 Å². The highest BCUT2D eigenvalue weighted by molar-refractivity contribution is 6.01. The quantitative estimate of drug-likeness (QED) is 0.514. The van der Waals surface area contributed by atoms with Gasteiger partial charge in [-0.05, 0) is 49.2 Å². The zero-order valence-electron chi connectivity index (χ0n) is 17.6. The van der Waals surface area contributed by atoms with Crippen molar-refractivity contribution >= 4 is 23.3 Å². The number of esters is 1. The molecule has 7 heteroatoms. The molecule has 1 saturated heterocycles. The molecule has 2 aromatic rings. The van der Waals surface area contributed by atoms with Gasteiger partial charge in [-0.15, -0.1) is 0 Å². The predicted molar refractivity (Wildman–Crippen MR) is 111 cm³/mol. The van der Waals surface area contributed by atoms with Crippen molar-refractivity contribution in [3.63, 3.8) is 0 Å². The molecule has 0 N–H and O–H groups in total. The van der Waals surface area contributed by atoms with Crippen molar-refractivity contribution in [2.45, 2.75) is 20.3 Å². The molecular formula is C23H25NO6. The fraction of sp³-hybridized carbons (Fsp3) is 0.348. The molecule has 1 heterocycles. The second-order valence-corrected chi connectivity index (χ2v) is 7.23. The monoisotopic (exact) mass is 411 g/mol. The Morgan fingerprint density at radius 1 is 1.07 bits per heavy atom. The van der Waals surface area contributed by atoms with Crippen molar-refractivity contribution in [2.75, 3.05) is 32.3 Å². The molecule has 1 atom stereocenters. The maximum absolute atomic E-state index is 12.5. The largest absolute Gasteiger partial charge is 0.493 e. The number of benzene rings is 2. The highest BCUT2D eigenvalue weighted by atomic mass is 16.5. The molecule has 7 nitrogen and oxygen atoms in total. The lowest BCUT2D eigenvalue weighted by atomic mass is 10.1. The summed E-state index contributed by atoms with van der Waals surface area (Å²) in [6.07, 6.45) is 0.0662. The van der Waals surface area contributed by atoms with Crippen molar-refractivity contribution in [1.29, 1.82) is 0 Å². The molecule has 30 heavy (non-hydrogen) atoms. The SMILES string of the molecule is COc1ccc(C(=O)COC(=O)[C@H]2CC(=O)N(c3cccc(C)c3C)C2)cc1OC. The summed E-state index contributed by atoms with van der Waals surface area (Å²) in [6, 6.07) is 10.5. The lowest BCUT2D eigenvalue weighted by Gasteiger charge is -2.20. The van der Waals surface area contributed by atoms with Crippen molar-refractivity contribution in [1.82, 2.24) is 0 Å². The number of rotatable bonds is 7. The summed E-state index contributed by atoms with van der Waals surface area (Å²) in [6.45, 7) is 3.77. The lowest BCUT2D eigenvalue weighted by Crippen LogP contribution is -2.27. The van der Waals surface area contributed by atoms with Crippen LogP contribution in [0.1, 0.15) is 27.9 Å². The summed E-state index contributed by atoms with van der Waals surface area (Å²) in [5, 5.41) is 0. The van der Waals surface area contributed by atoms with Gasteiger partial charge >= 0.3 is 5.97 Å². The zero-order valence-corrected chi connectivity index (χ0v) is 17.6. The Bertz CT molecular complexity index is 984.